The summed E-state index contributed by atoms with van der Waals surface area (Å²) in [5, 5.41) is 12.5. The number of fused-ring (bicyclic) bond motifs is 2. The minimum atomic E-state index is -0.423. The van der Waals surface area contributed by atoms with Gasteiger partial charge in [0, 0.05) is 12.1 Å². The predicted molar refractivity (Wildman–Crippen MR) is 97.2 cm³/mol. The molecule has 1 atom stereocenters. The second kappa shape index (κ2) is 6.57. The molecule has 134 valence electrons. The molecule has 0 bridgehead atoms. The summed E-state index contributed by atoms with van der Waals surface area (Å²) >= 11 is 0. The monoisotopic (exact) mass is 354 g/mol. The Morgan fingerprint density at radius 1 is 1.27 bits per heavy atom. The first kappa shape index (κ1) is 16.2. The lowest BCUT2D eigenvalue weighted by Gasteiger charge is -2.27. The summed E-state index contributed by atoms with van der Waals surface area (Å²) in [4.78, 5) is 8.90. The molecule has 1 aliphatic heterocycles. The second-order valence-corrected chi connectivity index (χ2v) is 5.81. The number of benzene rings is 2. The Morgan fingerprint density at radius 2 is 2.04 bits per heavy atom. The van der Waals surface area contributed by atoms with Crippen LogP contribution >= 0.6 is 0 Å². The third-order valence-corrected chi connectivity index (χ3v) is 4.03. The highest BCUT2D eigenvalue weighted by molar-refractivity contribution is 5.82. The summed E-state index contributed by atoms with van der Waals surface area (Å²) < 4.78 is 16.8. The number of para-hydroxylation sites is 2. The largest absolute Gasteiger partial charge is 0.497 e. The Balaban J connectivity index is 1.75. The number of nitrogens with zero attached hydrogens (tertiary/aromatic N) is 2. The van der Waals surface area contributed by atoms with E-state index in [4.69, 9.17) is 19.9 Å². The average molecular weight is 354 g/mol. The highest BCUT2D eigenvalue weighted by Crippen LogP contribution is 2.43. The number of nitrogens with two attached hydrogens (primary N) is 1. The number of ether oxygens (including phenoxy) is 3. The number of rotatable bonds is 4. The van der Waals surface area contributed by atoms with Crippen LogP contribution in [0.15, 0.2) is 36.4 Å². The maximum atomic E-state index is 9.30. The Labute approximate surface area is 149 Å². The molecule has 26 heavy (non-hydrogen) atoms. The van der Waals surface area contributed by atoms with Crippen LogP contribution in [-0.2, 0) is 0 Å². The predicted octanol–water partition coefficient (Wildman–Crippen LogP) is 2.10. The zero-order chi connectivity index (χ0) is 18.1. The van der Waals surface area contributed by atoms with Gasteiger partial charge in [-0.15, -0.1) is 0 Å². The Morgan fingerprint density at radius 3 is 2.77 bits per heavy atom. The number of hydrogen-bond donors (Lipinski definition) is 3. The van der Waals surface area contributed by atoms with E-state index in [0.717, 1.165) is 5.52 Å². The van der Waals surface area contributed by atoms with Gasteiger partial charge in [0.05, 0.1) is 30.4 Å². The molecule has 4 rings (SSSR count). The number of nitrogens with one attached hydrogen (secondary N) is 1. The van der Waals surface area contributed by atoms with Crippen LogP contribution < -0.4 is 25.3 Å². The average Bonchev–Trinajstić information content (AvgIpc) is 2.67. The van der Waals surface area contributed by atoms with E-state index in [1.54, 1.807) is 19.2 Å². The molecule has 8 nitrogen and oxygen atoms in total. The fourth-order valence-corrected chi connectivity index (χ4v) is 2.74. The molecule has 8 heteroatoms. The molecule has 0 spiro atoms. The highest BCUT2D eigenvalue weighted by atomic mass is 16.6. The molecule has 1 unspecified atom stereocenters. The Hall–Kier alpha value is -3.26. The number of anilines is 3. The fraction of sp³-hybridized carbons (Fsp3) is 0.222. The van der Waals surface area contributed by atoms with Crippen molar-refractivity contribution in [2.24, 2.45) is 0 Å². The summed E-state index contributed by atoms with van der Waals surface area (Å²) in [6.07, 6.45) is -0.423. The number of aliphatic hydroxyl groups excluding tert-OH is 1. The van der Waals surface area contributed by atoms with Gasteiger partial charge in [0.15, 0.2) is 29.2 Å². The zero-order valence-electron chi connectivity index (χ0n) is 14.1. The van der Waals surface area contributed by atoms with Crippen LogP contribution in [0.4, 0.5) is 17.3 Å². The summed E-state index contributed by atoms with van der Waals surface area (Å²) in [6.45, 7) is 0.103. The lowest BCUT2D eigenvalue weighted by molar-refractivity contribution is 0.0459. The summed E-state index contributed by atoms with van der Waals surface area (Å²) in [5.74, 6) is 2.23. The van der Waals surface area contributed by atoms with E-state index in [2.05, 4.69) is 15.3 Å². The van der Waals surface area contributed by atoms with Gasteiger partial charge in [0.1, 0.15) is 12.4 Å². The maximum absolute atomic E-state index is 9.30. The minimum Gasteiger partial charge on any atom is -0.497 e. The number of nitrogen functional groups attached to an aromatic ring is 1. The number of aliphatic hydroxyl groups is 1. The third-order valence-electron chi connectivity index (χ3n) is 4.03. The molecule has 3 aromatic rings. The van der Waals surface area contributed by atoms with Gasteiger partial charge in [0.2, 0.25) is 0 Å². The smallest absolute Gasteiger partial charge is 0.185 e. The molecule has 0 saturated carbocycles. The second-order valence-electron chi connectivity index (χ2n) is 5.81. The van der Waals surface area contributed by atoms with Gasteiger partial charge < -0.3 is 30.4 Å². The standard InChI is InChI=1S/C18H18N4O4/c1-24-10-6-14(16-15(7-10)26-11(8-23)9-25-16)22-18-17(19)20-12-4-2-3-5-13(12)21-18/h2-7,11,23H,8-9H2,1H3,(H2,19,20)(H,21,22). The van der Waals surface area contributed by atoms with Crippen molar-refractivity contribution >= 4 is 28.4 Å². The molecule has 4 N–H and O–H groups in total. The van der Waals surface area contributed by atoms with E-state index in [0.29, 0.717) is 34.3 Å². The van der Waals surface area contributed by atoms with Gasteiger partial charge in [-0.3, -0.25) is 0 Å². The van der Waals surface area contributed by atoms with Crippen LogP contribution in [0.25, 0.3) is 11.0 Å². The molecule has 0 aliphatic carbocycles. The van der Waals surface area contributed by atoms with Gasteiger partial charge in [0.25, 0.3) is 0 Å². The number of methoxy groups -OCH3 is 1. The van der Waals surface area contributed by atoms with Gasteiger partial charge in [-0.25, -0.2) is 9.97 Å². The van der Waals surface area contributed by atoms with E-state index >= 15 is 0 Å². The zero-order valence-corrected chi connectivity index (χ0v) is 14.1. The molecular weight excluding hydrogens is 336 g/mol. The van der Waals surface area contributed by atoms with Crippen molar-refractivity contribution in [3.8, 4) is 17.2 Å². The molecule has 0 radical (unpaired) electrons. The van der Waals surface area contributed by atoms with E-state index in [9.17, 15) is 5.11 Å². The number of hydrogen-bond acceptors (Lipinski definition) is 8. The van der Waals surface area contributed by atoms with Gasteiger partial charge in [-0.1, -0.05) is 12.1 Å². The topological polar surface area (TPSA) is 112 Å². The van der Waals surface area contributed by atoms with Gasteiger partial charge in [-0.05, 0) is 12.1 Å². The first-order valence-corrected chi connectivity index (χ1v) is 8.09. The first-order chi connectivity index (χ1) is 12.7. The van der Waals surface area contributed by atoms with Crippen molar-refractivity contribution in [1.29, 1.82) is 0 Å². The van der Waals surface area contributed by atoms with Gasteiger partial charge in [-0.2, -0.15) is 0 Å². The first-order valence-electron chi connectivity index (χ1n) is 8.09. The number of aromatic nitrogens is 2. The van der Waals surface area contributed by atoms with E-state index in [-0.39, 0.29) is 19.0 Å². The molecule has 0 amide bonds. The molecular formula is C18H18N4O4. The van der Waals surface area contributed by atoms with E-state index in [1.807, 2.05) is 24.3 Å². The summed E-state index contributed by atoms with van der Waals surface area (Å²) in [6, 6.07) is 10.9. The van der Waals surface area contributed by atoms with E-state index in [1.165, 1.54) is 0 Å². The summed E-state index contributed by atoms with van der Waals surface area (Å²) in [7, 11) is 1.56. The van der Waals surface area contributed by atoms with Crippen molar-refractivity contribution in [3.63, 3.8) is 0 Å². The molecule has 0 fully saturated rings. The van der Waals surface area contributed by atoms with Crippen LogP contribution in [0, 0.1) is 0 Å². The Kier molecular flexibility index (Phi) is 4.10. The lowest BCUT2D eigenvalue weighted by atomic mass is 10.2. The fourth-order valence-electron chi connectivity index (χ4n) is 2.74. The van der Waals surface area contributed by atoms with Crippen LogP contribution in [0.1, 0.15) is 0 Å². The highest BCUT2D eigenvalue weighted by Gasteiger charge is 2.25. The maximum Gasteiger partial charge on any atom is 0.185 e. The van der Waals surface area contributed by atoms with Crippen molar-refractivity contribution < 1.29 is 19.3 Å². The van der Waals surface area contributed by atoms with Crippen molar-refractivity contribution in [1.82, 2.24) is 9.97 Å². The lowest BCUT2D eigenvalue weighted by Crippen LogP contribution is -2.32. The van der Waals surface area contributed by atoms with Crippen LogP contribution in [0.5, 0.6) is 17.2 Å². The quantitative estimate of drug-likeness (QED) is 0.653. The van der Waals surface area contributed by atoms with Crippen LogP contribution in [-0.4, -0.2) is 41.5 Å². The molecule has 0 saturated heterocycles. The van der Waals surface area contributed by atoms with Crippen LogP contribution in [0.2, 0.25) is 0 Å². The molecule has 1 aromatic heterocycles. The molecule has 2 aromatic carbocycles. The third kappa shape index (κ3) is 2.91. The van der Waals surface area contributed by atoms with Crippen molar-refractivity contribution in [2.45, 2.75) is 6.10 Å². The Bertz CT molecular complexity index is 963. The SMILES string of the molecule is COc1cc(Nc2nc3ccccc3nc2N)c2c(c1)OC(CO)CO2. The minimum absolute atomic E-state index is 0.136. The molecule has 1 aliphatic rings. The van der Waals surface area contributed by atoms with Crippen molar-refractivity contribution in [2.75, 3.05) is 31.4 Å². The van der Waals surface area contributed by atoms with E-state index < -0.39 is 6.10 Å². The molecule has 2 heterocycles. The van der Waals surface area contributed by atoms with Gasteiger partial charge >= 0.3 is 0 Å². The van der Waals surface area contributed by atoms with Crippen LogP contribution in [0.3, 0.4) is 0 Å². The normalized spacial score (nSPS) is 15.7. The summed E-state index contributed by atoms with van der Waals surface area (Å²) in [5.41, 5.74) is 8.08. The van der Waals surface area contributed by atoms with Crippen molar-refractivity contribution in [3.05, 3.63) is 36.4 Å².